The first-order chi connectivity index (χ1) is 9.56. The zero-order valence-electron chi connectivity index (χ0n) is 11.2. The van der Waals surface area contributed by atoms with Gasteiger partial charge in [0.15, 0.2) is 0 Å². The average Bonchev–Trinajstić information content (AvgIpc) is 2.82. The molecule has 1 atom stereocenters. The second-order valence-electron chi connectivity index (χ2n) is 5.15. The molecule has 0 saturated carbocycles. The zero-order valence-corrected chi connectivity index (χ0v) is 11.2. The van der Waals surface area contributed by atoms with Crippen molar-refractivity contribution in [3.8, 4) is 0 Å². The number of carboxylic acid groups (broad SMARTS) is 1. The summed E-state index contributed by atoms with van der Waals surface area (Å²) in [6.45, 7) is 2.24. The minimum atomic E-state index is -0.920. The van der Waals surface area contributed by atoms with Gasteiger partial charge in [-0.1, -0.05) is 0 Å². The Hall–Kier alpha value is -2.31. The molecule has 0 bridgehead atoms. The van der Waals surface area contributed by atoms with Crippen LogP contribution < -0.4 is 5.56 Å². The van der Waals surface area contributed by atoms with Crippen molar-refractivity contribution in [1.82, 2.24) is 19.5 Å². The summed E-state index contributed by atoms with van der Waals surface area (Å²) in [5.74, 6) is 0. The number of aromatic nitrogens is 3. The molecule has 3 rings (SSSR count). The molecule has 2 aromatic heterocycles. The van der Waals surface area contributed by atoms with Crippen LogP contribution in [0.25, 0.3) is 5.65 Å². The van der Waals surface area contributed by atoms with Gasteiger partial charge in [-0.25, -0.2) is 9.31 Å². The number of nitrogens with zero attached hydrogens (tertiary/aromatic N) is 3. The van der Waals surface area contributed by atoms with Gasteiger partial charge in [-0.3, -0.25) is 9.69 Å². The maximum Gasteiger partial charge on any atom is 0.407 e. The van der Waals surface area contributed by atoms with Crippen LogP contribution in [0.4, 0.5) is 4.79 Å². The number of H-pyrrole nitrogens is 1. The van der Waals surface area contributed by atoms with E-state index in [0.29, 0.717) is 23.4 Å². The number of amides is 1. The highest BCUT2D eigenvalue weighted by Crippen LogP contribution is 2.30. The number of nitrogens with one attached hydrogen (secondary N) is 1. The van der Waals surface area contributed by atoms with Crippen LogP contribution in [0.2, 0.25) is 0 Å². The van der Waals surface area contributed by atoms with Crippen LogP contribution in [0, 0.1) is 6.92 Å². The van der Waals surface area contributed by atoms with Crippen molar-refractivity contribution in [1.29, 1.82) is 0 Å². The lowest BCUT2D eigenvalue weighted by atomic mass is 10.00. The summed E-state index contributed by atoms with van der Waals surface area (Å²) in [7, 11) is 0. The predicted molar refractivity (Wildman–Crippen MR) is 71.9 cm³/mol. The fraction of sp³-hybridized carbons (Fsp3) is 0.462. The van der Waals surface area contributed by atoms with E-state index in [4.69, 9.17) is 0 Å². The van der Waals surface area contributed by atoms with Crippen LogP contribution in [0.15, 0.2) is 17.1 Å². The summed E-state index contributed by atoms with van der Waals surface area (Å²) in [5.41, 5.74) is 1.70. The molecule has 1 saturated heterocycles. The topological polar surface area (TPSA) is 90.7 Å². The van der Waals surface area contributed by atoms with Crippen molar-refractivity contribution >= 4 is 11.7 Å². The van der Waals surface area contributed by atoms with Gasteiger partial charge < -0.3 is 10.1 Å². The first-order valence-electron chi connectivity index (χ1n) is 6.65. The van der Waals surface area contributed by atoms with Gasteiger partial charge in [-0.2, -0.15) is 5.10 Å². The third kappa shape index (κ3) is 2.04. The lowest BCUT2D eigenvalue weighted by Crippen LogP contribution is -2.37. The molecule has 0 spiro atoms. The summed E-state index contributed by atoms with van der Waals surface area (Å²) in [5, 5.41) is 13.7. The maximum atomic E-state index is 11.6. The third-order valence-corrected chi connectivity index (χ3v) is 3.76. The lowest BCUT2D eigenvalue weighted by molar-refractivity contribution is 0.105. The van der Waals surface area contributed by atoms with Crippen LogP contribution in [0.1, 0.15) is 36.6 Å². The number of aromatic amines is 1. The van der Waals surface area contributed by atoms with Gasteiger partial charge in [0.05, 0.1) is 11.7 Å². The van der Waals surface area contributed by atoms with Crippen LogP contribution in [0.5, 0.6) is 0 Å². The van der Waals surface area contributed by atoms with Gasteiger partial charge in [0.2, 0.25) is 0 Å². The van der Waals surface area contributed by atoms with Crippen molar-refractivity contribution in [3.63, 3.8) is 0 Å². The minimum Gasteiger partial charge on any atom is -0.465 e. The van der Waals surface area contributed by atoms with Gasteiger partial charge in [0.25, 0.3) is 5.56 Å². The number of hydrogen-bond donors (Lipinski definition) is 2. The molecule has 1 aliphatic heterocycles. The second-order valence-corrected chi connectivity index (χ2v) is 5.15. The Morgan fingerprint density at radius 2 is 2.30 bits per heavy atom. The summed E-state index contributed by atoms with van der Waals surface area (Å²) >= 11 is 0. The maximum absolute atomic E-state index is 11.6. The predicted octanol–water partition coefficient (Wildman–Crippen LogP) is 1.54. The molecular weight excluding hydrogens is 260 g/mol. The van der Waals surface area contributed by atoms with E-state index in [2.05, 4.69) is 10.1 Å². The van der Waals surface area contributed by atoms with E-state index in [1.807, 2.05) is 0 Å². The Labute approximate surface area is 114 Å². The summed E-state index contributed by atoms with van der Waals surface area (Å²) in [6.07, 6.45) is 3.37. The first kappa shape index (κ1) is 12.7. The summed E-state index contributed by atoms with van der Waals surface area (Å²) in [4.78, 5) is 27.1. The molecule has 1 aliphatic rings. The monoisotopic (exact) mass is 276 g/mol. The molecule has 7 heteroatoms. The number of rotatable bonds is 1. The van der Waals surface area contributed by atoms with Gasteiger partial charge >= 0.3 is 6.09 Å². The van der Waals surface area contributed by atoms with E-state index in [1.165, 1.54) is 4.90 Å². The van der Waals surface area contributed by atoms with Crippen molar-refractivity contribution < 1.29 is 9.90 Å². The Kier molecular flexibility index (Phi) is 2.96. The highest BCUT2D eigenvalue weighted by molar-refractivity contribution is 5.66. The van der Waals surface area contributed by atoms with Crippen molar-refractivity contribution in [2.45, 2.75) is 32.2 Å². The summed E-state index contributed by atoms with van der Waals surface area (Å²) < 4.78 is 1.60. The molecule has 2 N–H and O–H groups in total. The van der Waals surface area contributed by atoms with Crippen molar-refractivity contribution in [2.24, 2.45) is 0 Å². The normalized spacial score (nSPS) is 19.4. The minimum absolute atomic E-state index is 0.150. The Bertz CT molecular complexity index is 718. The molecular formula is C13H16N4O3. The van der Waals surface area contributed by atoms with Gasteiger partial charge in [0, 0.05) is 24.4 Å². The molecule has 0 aromatic carbocycles. The molecule has 3 heterocycles. The quantitative estimate of drug-likeness (QED) is 0.826. The standard InChI is InChI=1S/C13H16N4O3/c1-8-7-17-11(14-12(8)18)6-9(15-17)10-4-2-3-5-16(10)13(19)20/h6-7,10H,2-5H2,1H3,(H,14,18)(H,19,20)/t10-/m0/s1. The van der Waals surface area contributed by atoms with Crippen LogP contribution in [-0.4, -0.2) is 37.2 Å². The molecule has 2 aromatic rings. The lowest BCUT2D eigenvalue weighted by Gasteiger charge is -2.32. The first-order valence-corrected chi connectivity index (χ1v) is 6.65. The number of carbonyl (C=O) groups is 1. The van der Waals surface area contributed by atoms with E-state index >= 15 is 0 Å². The fourth-order valence-electron chi connectivity index (χ4n) is 2.69. The van der Waals surface area contributed by atoms with Crippen molar-refractivity contribution in [2.75, 3.05) is 6.54 Å². The molecule has 1 amide bonds. The molecule has 7 nitrogen and oxygen atoms in total. The number of likely N-dealkylation sites (tertiary alicyclic amines) is 1. The third-order valence-electron chi connectivity index (χ3n) is 3.76. The van der Waals surface area contributed by atoms with E-state index in [0.717, 1.165) is 19.3 Å². The van der Waals surface area contributed by atoms with E-state index in [1.54, 1.807) is 23.7 Å². The van der Waals surface area contributed by atoms with Crippen LogP contribution in [0.3, 0.4) is 0 Å². The number of fused-ring (bicyclic) bond motifs is 1. The molecule has 20 heavy (non-hydrogen) atoms. The van der Waals surface area contributed by atoms with E-state index < -0.39 is 6.09 Å². The Balaban J connectivity index is 2.04. The second kappa shape index (κ2) is 4.66. The Morgan fingerprint density at radius 3 is 3.05 bits per heavy atom. The fourth-order valence-corrected chi connectivity index (χ4v) is 2.69. The van der Waals surface area contributed by atoms with Crippen molar-refractivity contribution in [3.05, 3.63) is 33.9 Å². The van der Waals surface area contributed by atoms with Gasteiger partial charge in [-0.15, -0.1) is 0 Å². The molecule has 1 fully saturated rings. The number of hydrogen-bond acceptors (Lipinski definition) is 3. The highest BCUT2D eigenvalue weighted by Gasteiger charge is 2.29. The molecule has 0 aliphatic carbocycles. The molecule has 0 radical (unpaired) electrons. The smallest absolute Gasteiger partial charge is 0.407 e. The summed E-state index contributed by atoms with van der Waals surface area (Å²) in [6, 6.07) is 1.53. The SMILES string of the molecule is Cc1cn2nc([C@@H]3CCCCN3C(=O)O)cc2[nH]c1=O. The van der Waals surface area contributed by atoms with Crippen LogP contribution in [-0.2, 0) is 0 Å². The van der Waals surface area contributed by atoms with Crippen LogP contribution >= 0.6 is 0 Å². The van der Waals surface area contributed by atoms with Gasteiger partial charge in [-0.05, 0) is 26.2 Å². The Morgan fingerprint density at radius 1 is 1.50 bits per heavy atom. The zero-order chi connectivity index (χ0) is 14.3. The largest absolute Gasteiger partial charge is 0.465 e. The van der Waals surface area contributed by atoms with Gasteiger partial charge in [0.1, 0.15) is 5.65 Å². The average molecular weight is 276 g/mol. The number of piperidine rings is 1. The molecule has 0 unspecified atom stereocenters. The van der Waals surface area contributed by atoms with E-state index in [9.17, 15) is 14.7 Å². The number of aryl methyl sites for hydroxylation is 1. The van der Waals surface area contributed by atoms with E-state index in [-0.39, 0.29) is 11.6 Å². The molecule has 106 valence electrons. The highest BCUT2D eigenvalue weighted by atomic mass is 16.4.